The molecule has 0 aliphatic carbocycles. The number of hydrogen-bond donors (Lipinski definition) is 0. The van der Waals surface area contributed by atoms with E-state index in [0.717, 1.165) is 23.3 Å². The molecule has 0 aliphatic heterocycles. The number of carbonyl (C=O) groups excluding carboxylic acids is 1. The summed E-state index contributed by atoms with van der Waals surface area (Å²) < 4.78 is 9.90. The molecule has 0 aromatic heterocycles. The van der Waals surface area contributed by atoms with Crippen LogP contribution in [0, 0.1) is 0 Å². The molecule has 0 amide bonds. The van der Waals surface area contributed by atoms with Gasteiger partial charge in [0, 0.05) is 6.08 Å². The summed E-state index contributed by atoms with van der Waals surface area (Å²) in [5.74, 6) is 0.495. The van der Waals surface area contributed by atoms with Gasteiger partial charge in [-0.25, -0.2) is 4.79 Å². The first-order chi connectivity index (χ1) is 9.06. The molecule has 1 aromatic carbocycles. The fourth-order valence-electron chi connectivity index (χ4n) is 1.61. The molecule has 0 aliphatic rings. The Morgan fingerprint density at radius 2 is 2.00 bits per heavy atom. The Kier molecular flexibility index (Phi) is 5.86. The van der Waals surface area contributed by atoms with Gasteiger partial charge in [0.2, 0.25) is 0 Å². The maximum Gasteiger partial charge on any atom is 0.330 e. The summed E-state index contributed by atoms with van der Waals surface area (Å²) in [7, 11) is 3.02. The van der Waals surface area contributed by atoms with E-state index in [0.29, 0.717) is 0 Å². The summed E-state index contributed by atoms with van der Waals surface area (Å²) in [6.45, 7) is 4.13. The highest BCUT2D eigenvalue weighted by Gasteiger charge is 2.02. The van der Waals surface area contributed by atoms with Crippen LogP contribution in [0.25, 0.3) is 6.08 Å². The second kappa shape index (κ2) is 7.41. The molecule has 0 spiro atoms. The third-order valence-electron chi connectivity index (χ3n) is 2.65. The van der Waals surface area contributed by atoms with E-state index in [1.54, 1.807) is 13.2 Å². The van der Waals surface area contributed by atoms with Crippen LogP contribution >= 0.6 is 0 Å². The van der Waals surface area contributed by atoms with E-state index in [9.17, 15) is 4.79 Å². The highest BCUT2D eigenvalue weighted by molar-refractivity contribution is 5.87. The fraction of sp³-hybridized carbons (Fsp3) is 0.312. The lowest BCUT2D eigenvalue weighted by molar-refractivity contribution is -0.134. The SMILES string of the molecule is COC(=O)/C=C/c1ccc(OC)c(CC=C(C)C)c1. The third-order valence-corrected chi connectivity index (χ3v) is 2.65. The molecule has 0 fully saturated rings. The molecule has 0 bridgehead atoms. The molecule has 0 saturated heterocycles. The number of carbonyl (C=O) groups is 1. The molecular weight excluding hydrogens is 240 g/mol. The molecule has 0 heterocycles. The van der Waals surface area contributed by atoms with Crippen molar-refractivity contribution in [2.45, 2.75) is 20.3 Å². The van der Waals surface area contributed by atoms with Crippen LogP contribution in [0.5, 0.6) is 5.75 Å². The van der Waals surface area contributed by atoms with Crippen molar-refractivity contribution < 1.29 is 14.3 Å². The smallest absolute Gasteiger partial charge is 0.330 e. The van der Waals surface area contributed by atoms with E-state index in [2.05, 4.69) is 24.7 Å². The Morgan fingerprint density at radius 3 is 2.58 bits per heavy atom. The van der Waals surface area contributed by atoms with Crippen LogP contribution in [0.2, 0.25) is 0 Å². The first kappa shape index (κ1) is 15.0. The minimum absolute atomic E-state index is 0.360. The number of rotatable bonds is 5. The molecule has 0 saturated carbocycles. The summed E-state index contributed by atoms with van der Waals surface area (Å²) in [4.78, 5) is 11.1. The second-order valence-corrected chi connectivity index (χ2v) is 4.41. The van der Waals surface area contributed by atoms with Gasteiger partial charge in [0.25, 0.3) is 0 Å². The average Bonchev–Trinajstić information content (AvgIpc) is 2.42. The number of allylic oxidation sites excluding steroid dienone is 2. The lowest BCUT2D eigenvalue weighted by Gasteiger charge is -2.08. The highest BCUT2D eigenvalue weighted by Crippen LogP contribution is 2.22. The summed E-state index contributed by atoms with van der Waals surface area (Å²) >= 11 is 0. The lowest BCUT2D eigenvalue weighted by atomic mass is 10.0. The van der Waals surface area contributed by atoms with Gasteiger partial charge in [-0.3, -0.25) is 0 Å². The van der Waals surface area contributed by atoms with Gasteiger partial charge in [0.15, 0.2) is 0 Å². The van der Waals surface area contributed by atoms with Crippen molar-refractivity contribution in [3.63, 3.8) is 0 Å². The zero-order chi connectivity index (χ0) is 14.3. The van der Waals surface area contributed by atoms with E-state index in [-0.39, 0.29) is 5.97 Å². The minimum atomic E-state index is -0.360. The number of methoxy groups -OCH3 is 2. The Hall–Kier alpha value is -2.03. The molecule has 3 heteroatoms. The minimum Gasteiger partial charge on any atom is -0.496 e. The monoisotopic (exact) mass is 260 g/mol. The van der Waals surface area contributed by atoms with Gasteiger partial charge >= 0.3 is 5.97 Å². The summed E-state index contributed by atoms with van der Waals surface area (Å²) in [5, 5.41) is 0. The molecule has 1 aromatic rings. The van der Waals surface area contributed by atoms with E-state index < -0.39 is 0 Å². The van der Waals surface area contributed by atoms with Gasteiger partial charge in [-0.15, -0.1) is 0 Å². The standard InChI is InChI=1S/C16H20O3/c1-12(2)5-8-14-11-13(6-9-15(14)18-3)7-10-16(17)19-4/h5-7,9-11H,8H2,1-4H3/b10-7+. The summed E-state index contributed by atoms with van der Waals surface area (Å²) in [6, 6.07) is 5.83. The fourth-order valence-corrected chi connectivity index (χ4v) is 1.61. The zero-order valence-corrected chi connectivity index (χ0v) is 11.9. The quantitative estimate of drug-likeness (QED) is 0.462. The van der Waals surface area contributed by atoms with Crippen molar-refractivity contribution >= 4 is 12.0 Å². The number of benzene rings is 1. The second-order valence-electron chi connectivity index (χ2n) is 4.41. The third kappa shape index (κ3) is 5.00. The summed E-state index contributed by atoms with van der Waals surface area (Å²) in [6.07, 6.45) is 6.10. The molecule has 102 valence electrons. The van der Waals surface area contributed by atoms with Gasteiger partial charge in [0.05, 0.1) is 14.2 Å². The molecule has 0 atom stereocenters. The number of ether oxygens (including phenoxy) is 2. The van der Waals surface area contributed by atoms with Crippen molar-refractivity contribution in [2.24, 2.45) is 0 Å². The van der Waals surface area contributed by atoms with Crippen molar-refractivity contribution in [2.75, 3.05) is 14.2 Å². The number of esters is 1. The van der Waals surface area contributed by atoms with Crippen molar-refractivity contribution in [3.05, 3.63) is 47.1 Å². The lowest BCUT2D eigenvalue weighted by Crippen LogP contribution is -1.94. The van der Waals surface area contributed by atoms with Crippen LogP contribution in [0.4, 0.5) is 0 Å². The molecule has 0 radical (unpaired) electrons. The normalized spacial score (nSPS) is 10.3. The predicted octanol–water partition coefficient (Wildman–Crippen LogP) is 3.39. The van der Waals surface area contributed by atoms with E-state index in [1.165, 1.54) is 18.8 Å². The van der Waals surface area contributed by atoms with Gasteiger partial charge in [0.1, 0.15) is 5.75 Å². The van der Waals surface area contributed by atoms with Crippen LogP contribution in [0.15, 0.2) is 35.9 Å². The first-order valence-corrected chi connectivity index (χ1v) is 6.13. The van der Waals surface area contributed by atoms with Crippen LogP contribution in [-0.2, 0) is 16.0 Å². The van der Waals surface area contributed by atoms with Gasteiger partial charge < -0.3 is 9.47 Å². The zero-order valence-electron chi connectivity index (χ0n) is 11.9. The van der Waals surface area contributed by atoms with E-state index in [4.69, 9.17) is 4.74 Å². The molecular formula is C16H20O3. The highest BCUT2D eigenvalue weighted by atomic mass is 16.5. The van der Waals surface area contributed by atoms with Crippen molar-refractivity contribution in [1.82, 2.24) is 0 Å². The molecule has 0 N–H and O–H groups in total. The van der Waals surface area contributed by atoms with Gasteiger partial charge in [-0.2, -0.15) is 0 Å². The predicted molar refractivity (Wildman–Crippen MR) is 77.2 cm³/mol. The molecule has 1 rings (SSSR count). The van der Waals surface area contributed by atoms with Gasteiger partial charge in [-0.05, 0) is 49.6 Å². The molecule has 19 heavy (non-hydrogen) atoms. The van der Waals surface area contributed by atoms with Crippen molar-refractivity contribution in [1.29, 1.82) is 0 Å². The van der Waals surface area contributed by atoms with E-state index in [1.807, 2.05) is 18.2 Å². The number of hydrogen-bond acceptors (Lipinski definition) is 3. The summed E-state index contributed by atoms with van der Waals surface area (Å²) in [5.41, 5.74) is 3.30. The molecule has 3 nitrogen and oxygen atoms in total. The Bertz CT molecular complexity index is 495. The molecule has 0 unspecified atom stereocenters. The van der Waals surface area contributed by atoms with Gasteiger partial charge in [-0.1, -0.05) is 17.7 Å². The average molecular weight is 260 g/mol. The van der Waals surface area contributed by atoms with E-state index >= 15 is 0 Å². The Balaban J connectivity index is 2.97. The maximum absolute atomic E-state index is 11.1. The largest absolute Gasteiger partial charge is 0.496 e. The Morgan fingerprint density at radius 1 is 1.26 bits per heavy atom. The Labute approximate surface area is 114 Å². The van der Waals surface area contributed by atoms with Crippen LogP contribution < -0.4 is 4.74 Å². The topological polar surface area (TPSA) is 35.5 Å². The maximum atomic E-state index is 11.1. The van der Waals surface area contributed by atoms with Crippen LogP contribution in [-0.4, -0.2) is 20.2 Å². The van der Waals surface area contributed by atoms with Crippen LogP contribution in [0.1, 0.15) is 25.0 Å². The van der Waals surface area contributed by atoms with Crippen LogP contribution in [0.3, 0.4) is 0 Å². The first-order valence-electron chi connectivity index (χ1n) is 6.13. The van der Waals surface area contributed by atoms with Crippen molar-refractivity contribution in [3.8, 4) is 5.75 Å².